The van der Waals surface area contributed by atoms with Gasteiger partial charge in [-0.25, -0.2) is 9.18 Å². The number of hydrogen-bond donors (Lipinski definition) is 0. The lowest BCUT2D eigenvalue weighted by molar-refractivity contribution is -0.149. The van der Waals surface area contributed by atoms with E-state index >= 15 is 0 Å². The Kier molecular flexibility index (Phi) is 3.61. The Morgan fingerprint density at radius 3 is 3.18 bits per heavy atom. The van der Waals surface area contributed by atoms with Gasteiger partial charge in [-0.05, 0) is 25.3 Å². The minimum atomic E-state index is -1.76. The van der Waals surface area contributed by atoms with Crippen molar-refractivity contribution in [3.05, 3.63) is 29.3 Å². The molecule has 0 saturated carbocycles. The second kappa shape index (κ2) is 5.17. The van der Waals surface area contributed by atoms with Crippen LogP contribution in [-0.4, -0.2) is 19.2 Å². The van der Waals surface area contributed by atoms with Gasteiger partial charge in [-0.1, -0.05) is 18.2 Å². The zero-order chi connectivity index (χ0) is 12.3. The van der Waals surface area contributed by atoms with Gasteiger partial charge >= 0.3 is 5.97 Å². The molecule has 1 aliphatic rings. The van der Waals surface area contributed by atoms with Crippen LogP contribution in [0.1, 0.15) is 30.6 Å². The highest BCUT2D eigenvalue weighted by Gasteiger charge is 2.27. The highest BCUT2D eigenvalue weighted by molar-refractivity contribution is 5.77. The van der Waals surface area contributed by atoms with Crippen LogP contribution < -0.4 is 4.74 Å². The molecule has 0 bridgehead atoms. The van der Waals surface area contributed by atoms with E-state index in [4.69, 9.17) is 4.74 Å². The topological polar surface area (TPSA) is 35.5 Å². The van der Waals surface area contributed by atoms with Gasteiger partial charge in [0.1, 0.15) is 5.75 Å². The first-order valence-corrected chi connectivity index (χ1v) is 5.79. The quantitative estimate of drug-likeness (QED) is 0.759. The molecule has 0 aliphatic carbocycles. The Bertz CT molecular complexity index is 417. The number of esters is 1. The molecule has 1 unspecified atom stereocenters. The number of rotatable bonds is 3. The lowest BCUT2D eigenvalue weighted by atomic mass is 10.00. The van der Waals surface area contributed by atoms with Crippen LogP contribution in [0.25, 0.3) is 0 Å². The van der Waals surface area contributed by atoms with Gasteiger partial charge in [-0.15, -0.1) is 0 Å². The Labute approximate surface area is 99.5 Å². The smallest absolute Gasteiger partial charge is 0.345 e. The van der Waals surface area contributed by atoms with Crippen molar-refractivity contribution in [2.24, 2.45) is 0 Å². The molecule has 0 spiro atoms. The normalized spacial score (nSPS) is 15.6. The highest BCUT2D eigenvalue weighted by atomic mass is 19.1. The molecule has 0 aromatic heterocycles. The van der Waals surface area contributed by atoms with Crippen LogP contribution in [-0.2, 0) is 16.0 Å². The molecular weight excluding hydrogens is 223 g/mol. The van der Waals surface area contributed by atoms with E-state index in [0.29, 0.717) is 12.4 Å². The first kappa shape index (κ1) is 11.9. The molecule has 17 heavy (non-hydrogen) atoms. The van der Waals surface area contributed by atoms with E-state index in [1.54, 1.807) is 19.1 Å². The molecule has 2 rings (SSSR count). The molecule has 92 valence electrons. The summed E-state index contributed by atoms with van der Waals surface area (Å²) in [6, 6.07) is 5.22. The van der Waals surface area contributed by atoms with Crippen molar-refractivity contribution in [3.8, 4) is 5.75 Å². The van der Waals surface area contributed by atoms with E-state index < -0.39 is 12.1 Å². The number of para-hydroxylation sites is 1. The maximum atomic E-state index is 13.9. The van der Waals surface area contributed by atoms with E-state index in [9.17, 15) is 9.18 Å². The number of benzene rings is 1. The number of carbonyl (C=O) groups excluding carboxylic acids is 1. The second-order valence-electron chi connectivity index (χ2n) is 3.90. The summed E-state index contributed by atoms with van der Waals surface area (Å²) in [5, 5.41) is 0. The summed E-state index contributed by atoms with van der Waals surface area (Å²) in [7, 11) is 0. The average Bonchev–Trinajstić information content (AvgIpc) is 2.37. The minimum Gasteiger partial charge on any atom is -0.493 e. The third kappa shape index (κ3) is 2.40. The summed E-state index contributed by atoms with van der Waals surface area (Å²) in [5.41, 5.74) is 1.24. The van der Waals surface area contributed by atoms with Gasteiger partial charge in [0.05, 0.1) is 13.2 Å². The van der Waals surface area contributed by atoms with Crippen molar-refractivity contribution in [1.82, 2.24) is 0 Å². The molecule has 1 aliphatic heterocycles. The third-order valence-corrected chi connectivity index (χ3v) is 2.73. The molecule has 3 nitrogen and oxygen atoms in total. The monoisotopic (exact) mass is 238 g/mol. The summed E-state index contributed by atoms with van der Waals surface area (Å²) in [5.74, 6) is -0.339. The molecule has 1 aromatic carbocycles. The standard InChI is InChI=1S/C13H15FO3/c1-2-16-13(15)11(14)10-7-3-5-9-6-4-8-17-12(9)10/h3,5,7,11H,2,4,6,8H2,1H3. The fourth-order valence-electron chi connectivity index (χ4n) is 1.96. The Morgan fingerprint density at radius 1 is 1.59 bits per heavy atom. The van der Waals surface area contributed by atoms with Crippen LogP contribution in [0.3, 0.4) is 0 Å². The first-order valence-electron chi connectivity index (χ1n) is 5.79. The van der Waals surface area contributed by atoms with E-state index in [1.807, 2.05) is 6.07 Å². The number of ether oxygens (including phenoxy) is 2. The van der Waals surface area contributed by atoms with Crippen molar-refractivity contribution in [2.75, 3.05) is 13.2 Å². The fraction of sp³-hybridized carbons (Fsp3) is 0.462. The lowest BCUT2D eigenvalue weighted by Crippen LogP contribution is -2.16. The van der Waals surface area contributed by atoms with Gasteiger partial charge in [0, 0.05) is 5.56 Å². The zero-order valence-electron chi connectivity index (χ0n) is 9.74. The molecule has 0 amide bonds. The van der Waals surface area contributed by atoms with Crippen LogP contribution in [0, 0.1) is 0 Å². The van der Waals surface area contributed by atoms with Crippen LogP contribution in [0.5, 0.6) is 5.75 Å². The number of halogens is 1. The third-order valence-electron chi connectivity index (χ3n) is 2.73. The van der Waals surface area contributed by atoms with Crippen LogP contribution >= 0.6 is 0 Å². The van der Waals surface area contributed by atoms with E-state index in [2.05, 4.69) is 4.74 Å². The van der Waals surface area contributed by atoms with Crippen LogP contribution in [0.4, 0.5) is 4.39 Å². The molecule has 1 aromatic rings. The molecule has 0 N–H and O–H groups in total. The summed E-state index contributed by atoms with van der Waals surface area (Å²) in [6.07, 6.45) is 0.0222. The van der Waals surface area contributed by atoms with Crippen molar-refractivity contribution in [1.29, 1.82) is 0 Å². The molecule has 0 radical (unpaired) electrons. The number of aryl methyl sites for hydroxylation is 1. The first-order chi connectivity index (χ1) is 8.24. The van der Waals surface area contributed by atoms with Crippen molar-refractivity contribution in [3.63, 3.8) is 0 Å². The van der Waals surface area contributed by atoms with Gasteiger partial charge in [-0.2, -0.15) is 0 Å². The largest absolute Gasteiger partial charge is 0.493 e. The maximum absolute atomic E-state index is 13.9. The zero-order valence-corrected chi connectivity index (χ0v) is 9.74. The molecular formula is C13H15FO3. The predicted molar refractivity (Wildman–Crippen MR) is 60.7 cm³/mol. The highest BCUT2D eigenvalue weighted by Crippen LogP contribution is 2.34. The second-order valence-corrected chi connectivity index (χ2v) is 3.90. The van der Waals surface area contributed by atoms with E-state index in [-0.39, 0.29) is 12.2 Å². The van der Waals surface area contributed by atoms with Crippen LogP contribution in [0.15, 0.2) is 18.2 Å². The number of fused-ring (bicyclic) bond motifs is 1. The van der Waals surface area contributed by atoms with Crippen molar-refractivity contribution >= 4 is 5.97 Å². The summed E-state index contributed by atoms with van der Waals surface area (Å²) in [6.45, 7) is 2.40. The fourth-order valence-corrected chi connectivity index (χ4v) is 1.96. The van der Waals surface area contributed by atoms with E-state index in [0.717, 1.165) is 18.4 Å². The van der Waals surface area contributed by atoms with Crippen molar-refractivity contribution < 1.29 is 18.7 Å². The summed E-state index contributed by atoms with van der Waals surface area (Å²) >= 11 is 0. The van der Waals surface area contributed by atoms with E-state index in [1.165, 1.54) is 0 Å². The SMILES string of the molecule is CCOC(=O)C(F)c1cccc2c1OCCC2. The van der Waals surface area contributed by atoms with Gasteiger partial charge < -0.3 is 9.47 Å². The van der Waals surface area contributed by atoms with Gasteiger partial charge in [-0.3, -0.25) is 0 Å². The number of hydrogen-bond acceptors (Lipinski definition) is 3. The minimum absolute atomic E-state index is 0.176. The predicted octanol–water partition coefficient (Wildman–Crippen LogP) is 2.59. The lowest BCUT2D eigenvalue weighted by Gasteiger charge is -2.21. The Balaban J connectivity index is 2.28. The van der Waals surface area contributed by atoms with Crippen LogP contribution in [0.2, 0.25) is 0 Å². The maximum Gasteiger partial charge on any atom is 0.345 e. The number of carbonyl (C=O) groups is 1. The Morgan fingerprint density at radius 2 is 2.41 bits per heavy atom. The molecule has 1 atom stereocenters. The average molecular weight is 238 g/mol. The number of alkyl halides is 1. The van der Waals surface area contributed by atoms with Gasteiger partial charge in [0.25, 0.3) is 0 Å². The molecule has 0 fully saturated rings. The Hall–Kier alpha value is -1.58. The molecule has 4 heteroatoms. The van der Waals surface area contributed by atoms with Gasteiger partial charge in [0.15, 0.2) is 0 Å². The van der Waals surface area contributed by atoms with Crippen molar-refractivity contribution in [2.45, 2.75) is 25.9 Å². The summed E-state index contributed by atoms with van der Waals surface area (Å²) in [4.78, 5) is 11.4. The molecule has 1 heterocycles. The summed E-state index contributed by atoms with van der Waals surface area (Å²) < 4.78 is 24.1. The van der Waals surface area contributed by atoms with Gasteiger partial charge in [0.2, 0.25) is 6.17 Å². The molecule has 0 saturated heterocycles.